The summed E-state index contributed by atoms with van der Waals surface area (Å²) in [5.74, 6) is 1.04. The number of halogens is 3. The molecule has 0 amide bonds. The zero-order chi connectivity index (χ0) is 19.8. The van der Waals surface area contributed by atoms with Crippen molar-refractivity contribution < 1.29 is 13.9 Å². The third-order valence-electron chi connectivity index (χ3n) is 4.35. The van der Waals surface area contributed by atoms with Gasteiger partial charge in [-0.3, -0.25) is 0 Å². The van der Waals surface area contributed by atoms with Crippen molar-refractivity contribution in [2.45, 2.75) is 19.6 Å². The normalized spacial score (nSPS) is 10.3. The third-order valence-corrected chi connectivity index (χ3v) is 4.94. The van der Waals surface area contributed by atoms with Crippen LogP contribution in [0.25, 0.3) is 0 Å². The monoisotopic (exact) mass is 479 g/mol. The molecule has 3 aromatic rings. The highest BCUT2D eigenvalue weighted by atomic mass is 79.9. The molecule has 0 aliphatic heterocycles. The maximum atomic E-state index is 13.0. The lowest BCUT2D eigenvalue weighted by Crippen LogP contribution is -2.16. The van der Waals surface area contributed by atoms with Crippen LogP contribution >= 0.6 is 28.3 Å². The van der Waals surface area contributed by atoms with Crippen molar-refractivity contribution >= 4 is 28.3 Å². The summed E-state index contributed by atoms with van der Waals surface area (Å²) >= 11 is 3.58. The fourth-order valence-electron chi connectivity index (χ4n) is 2.86. The largest absolute Gasteiger partial charge is 0.493 e. The Morgan fingerprint density at radius 3 is 2.34 bits per heavy atom. The van der Waals surface area contributed by atoms with E-state index in [1.54, 1.807) is 19.2 Å². The Morgan fingerprint density at radius 1 is 0.931 bits per heavy atom. The molecule has 0 unspecified atom stereocenters. The lowest BCUT2D eigenvalue weighted by Gasteiger charge is -2.15. The van der Waals surface area contributed by atoms with Gasteiger partial charge in [0.25, 0.3) is 0 Å². The molecule has 0 heterocycles. The lowest BCUT2D eigenvalue weighted by atomic mass is 10.1. The van der Waals surface area contributed by atoms with Crippen molar-refractivity contribution in [1.29, 1.82) is 0 Å². The number of benzene rings is 3. The molecule has 154 valence electrons. The smallest absolute Gasteiger partial charge is 0.175 e. The van der Waals surface area contributed by atoms with Gasteiger partial charge in [-0.05, 0) is 69.9 Å². The first-order valence-electron chi connectivity index (χ1n) is 9.14. The molecular weight excluding hydrogens is 457 g/mol. The minimum absolute atomic E-state index is 0. The Bertz CT molecular complexity index is 891. The van der Waals surface area contributed by atoms with Gasteiger partial charge in [0.1, 0.15) is 12.4 Å². The highest BCUT2D eigenvalue weighted by Gasteiger charge is 2.12. The average Bonchev–Trinajstić information content (AvgIpc) is 2.72. The van der Waals surface area contributed by atoms with Crippen molar-refractivity contribution in [3.63, 3.8) is 0 Å². The van der Waals surface area contributed by atoms with Gasteiger partial charge in [0, 0.05) is 6.54 Å². The predicted octanol–water partition coefficient (Wildman–Crippen LogP) is 5.93. The van der Waals surface area contributed by atoms with Crippen molar-refractivity contribution in [2.24, 2.45) is 0 Å². The highest BCUT2D eigenvalue weighted by molar-refractivity contribution is 9.10. The van der Waals surface area contributed by atoms with Gasteiger partial charge in [0.2, 0.25) is 0 Å². The molecule has 6 heteroatoms. The number of nitrogens with one attached hydrogen (secondary N) is 1. The molecule has 0 bridgehead atoms. The Balaban J connectivity index is 0.00000300. The molecule has 0 saturated heterocycles. The summed E-state index contributed by atoms with van der Waals surface area (Å²) < 4.78 is 25.3. The van der Waals surface area contributed by atoms with Crippen LogP contribution in [0.3, 0.4) is 0 Å². The lowest BCUT2D eigenvalue weighted by molar-refractivity contribution is 0.282. The Kier molecular flexibility index (Phi) is 9.45. The summed E-state index contributed by atoms with van der Waals surface area (Å²) in [7, 11) is 1.62. The fraction of sp³-hybridized carbons (Fsp3) is 0.217. The van der Waals surface area contributed by atoms with Crippen LogP contribution in [0, 0.1) is 5.82 Å². The Labute approximate surface area is 185 Å². The van der Waals surface area contributed by atoms with Crippen LogP contribution in [-0.4, -0.2) is 13.7 Å². The Hall–Kier alpha value is -2.08. The number of methoxy groups -OCH3 is 1. The first-order chi connectivity index (χ1) is 13.7. The number of rotatable bonds is 9. The number of hydrogen-bond donors (Lipinski definition) is 1. The molecular formula is C23H24BrClFNO2. The quantitative estimate of drug-likeness (QED) is 0.385. The van der Waals surface area contributed by atoms with E-state index in [9.17, 15) is 4.39 Å². The molecule has 0 fully saturated rings. The van der Waals surface area contributed by atoms with Crippen LogP contribution < -0.4 is 14.8 Å². The minimum atomic E-state index is -0.258. The van der Waals surface area contributed by atoms with Crippen molar-refractivity contribution in [1.82, 2.24) is 5.32 Å². The average molecular weight is 481 g/mol. The van der Waals surface area contributed by atoms with Gasteiger partial charge in [-0.25, -0.2) is 4.39 Å². The van der Waals surface area contributed by atoms with E-state index < -0.39 is 0 Å². The number of ether oxygens (including phenoxy) is 2. The zero-order valence-electron chi connectivity index (χ0n) is 16.2. The van der Waals surface area contributed by atoms with Gasteiger partial charge in [0.05, 0.1) is 11.6 Å². The van der Waals surface area contributed by atoms with Gasteiger partial charge >= 0.3 is 0 Å². The van der Waals surface area contributed by atoms with Crippen molar-refractivity contribution in [2.75, 3.05) is 13.7 Å². The van der Waals surface area contributed by atoms with E-state index in [-0.39, 0.29) is 18.2 Å². The predicted molar refractivity (Wildman–Crippen MR) is 121 cm³/mol. The summed E-state index contributed by atoms with van der Waals surface area (Å²) in [6.07, 6.45) is 0.984. The van der Waals surface area contributed by atoms with E-state index in [0.717, 1.165) is 35.1 Å². The van der Waals surface area contributed by atoms with Gasteiger partial charge < -0.3 is 14.8 Å². The summed E-state index contributed by atoms with van der Waals surface area (Å²) in [4.78, 5) is 0. The molecule has 0 atom stereocenters. The second-order valence-electron chi connectivity index (χ2n) is 6.44. The SMILES string of the molecule is COc1cc(CNCCc2ccccc2)cc(Br)c1OCc1ccc(F)cc1.Cl. The molecule has 0 spiro atoms. The molecule has 0 saturated carbocycles. The second kappa shape index (κ2) is 11.8. The van der Waals surface area contributed by atoms with Crippen LogP contribution in [0.5, 0.6) is 11.5 Å². The molecule has 0 radical (unpaired) electrons. The standard InChI is InChI=1S/C23H23BrFNO2.ClH/c1-27-22-14-19(15-26-12-11-17-5-3-2-4-6-17)13-21(24)23(22)28-16-18-7-9-20(25)10-8-18;/h2-10,13-14,26H,11-12,15-16H2,1H3;1H. The van der Waals surface area contributed by atoms with Crippen LogP contribution in [0.2, 0.25) is 0 Å². The maximum absolute atomic E-state index is 13.0. The van der Waals surface area contributed by atoms with E-state index in [1.165, 1.54) is 17.7 Å². The summed E-state index contributed by atoms with van der Waals surface area (Å²) in [6, 6.07) is 20.7. The summed E-state index contributed by atoms with van der Waals surface area (Å²) in [5.41, 5.74) is 3.31. The molecule has 3 aromatic carbocycles. The van der Waals surface area contributed by atoms with E-state index in [1.807, 2.05) is 18.2 Å². The fourth-order valence-corrected chi connectivity index (χ4v) is 3.47. The van der Waals surface area contributed by atoms with Gasteiger partial charge in [0.15, 0.2) is 11.5 Å². The second-order valence-corrected chi connectivity index (χ2v) is 7.29. The van der Waals surface area contributed by atoms with Gasteiger partial charge in [-0.2, -0.15) is 0 Å². The molecule has 3 nitrogen and oxygen atoms in total. The highest BCUT2D eigenvalue weighted by Crippen LogP contribution is 2.37. The summed E-state index contributed by atoms with van der Waals surface area (Å²) in [6.45, 7) is 1.97. The van der Waals surface area contributed by atoms with Crippen LogP contribution in [0.15, 0.2) is 71.2 Å². The molecule has 3 rings (SSSR count). The Morgan fingerprint density at radius 2 is 1.66 bits per heavy atom. The minimum Gasteiger partial charge on any atom is -0.493 e. The van der Waals surface area contributed by atoms with Gasteiger partial charge in [-0.1, -0.05) is 42.5 Å². The first kappa shape index (κ1) is 23.2. The van der Waals surface area contributed by atoms with Crippen LogP contribution in [-0.2, 0) is 19.6 Å². The summed E-state index contributed by atoms with van der Waals surface area (Å²) in [5, 5.41) is 3.46. The maximum Gasteiger partial charge on any atom is 0.175 e. The van der Waals surface area contributed by atoms with Gasteiger partial charge in [-0.15, -0.1) is 12.4 Å². The van der Waals surface area contributed by atoms with E-state index in [0.29, 0.717) is 18.1 Å². The third kappa shape index (κ3) is 7.03. The van der Waals surface area contributed by atoms with Crippen LogP contribution in [0.1, 0.15) is 16.7 Å². The molecule has 29 heavy (non-hydrogen) atoms. The topological polar surface area (TPSA) is 30.5 Å². The van der Waals surface area contributed by atoms with Crippen LogP contribution in [0.4, 0.5) is 4.39 Å². The van der Waals surface area contributed by atoms with Crippen molar-refractivity contribution in [3.05, 3.63) is 93.7 Å². The molecule has 0 aliphatic rings. The van der Waals surface area contributed by atoms with E-state index in [4.69, 9.17) is 9.47 Å². The van der Waals surface area contributed by atoms with E-state index in [2.05, 4.69) is 45.5 Å². The van der Waals surface area contributed by atoms with Crippen molar-refractivity contribution in [3.8, 4) is 11.5 Å². The molecule has 0 aliphatic carbocycles. The zero-order valence-corrected chi connectivity index (χ0v) is 18.6. The molecule has 1 N–H and O–H groups in total. The first-order valence-corrected chi connectivity index (χ1v) is 9.93. The molecule has 0 aromatic heterocycles. The number of hydrogen-bond acceptors (Lipinski definition) is 3. The van der Waals surface area contributed by atoms with E-state index >= 15 is 0 Å².